The second-order valence-corrected chi connectivity index (χ2v) is 4.37. The van der Waals surface area contributed by atoms with Crippen molar-refractivity contribution in [2.24, 2.45) is 11.7 Å². The van der Waals surface area contributed by atoms with Gasteiger partial charge in [0.15, 0.2) is 0 Å². The zero-order chi connectivity index (χ0) is 11.1. The second-order valence-electron chi connectivity index (χ2n) is 4.37. The first-order chi connectivity index (χ1) is 7.08. The molecule has 1 aromatic carbocycles. The average Bonchev–Trinajstić information content (AvgIpc) is 2.23. The quantitative estimate of drug-likeness (QED) is 0.737. The first kappa shape index (κ1) is 10.6. The number of nitrogens with two attached hydrogens (primary N) is 1. The molecule has 0 aliphatic heterocycles. The highest BCUT2D eigenvalue weighted by molar-refractivity contribution is 5.36. The van der Waals surface area contributed by atoms with Crippen molar-refractivity contribution in [1.29, 1.82) is 0 Å². The Bertz CT molecular complexity index is 380. The molecule has 82 valence electrons. The Morgan fingerprint density at radius 3 is 3.00 bits per heavy atom. The first-order valence-electron chi connectivity index (χ1n) is 5.29. The number of halogens is 1. The summed E-state index contributed by atoms with van der Waals surface area (Å²) in [6, 6.07) is 4.55. The van der Waals surface area contributed by atoms with Crippen LogP contribution in [-0.4, -0.2) is 11.7 Å². The molecule has 15 heavy (non-hydrogen) atoms. The molecule has 0 heterocycles. The van der Waals surface area contributed by atoms with E-state index >= 15 is 0 Å². The van der Waals surface area contributed by atoms with Crippen LogP contribution in [0, 0.1) is 11.7 Å². The summed E-state index contributed by atoms with van der Waals surface area (Å²) in [6.07, 6.45) is 1.67. The van der Waals surface area contributed by atoms with Gasteiger partial charge >= 0.3 is 0 Å². The number of hydrogen-bond donors (Lipinski definition) is 2. The van der Waals surface area contributed by atoms with Gasteiger partial charge in [0.2, 0.25) is 0 Å². The average molecular weight is 209 g/mol. The number of benzene rings is 1. The van der Waals surface area contributed by atoms with Gasteiger partial charge in [-0.15, -0.1) is 0 Å². The Labute approximate surface area is 88.9 Å². The highest BCUT2D eigenvalue weighted by Gasteiger charge is 2.38. The number of fused-ring (bicyclic) bond motifs is 1. The van der Waals surface area contributed by atoms with E-state index in [0.717, 1.165) is 24.0 Å². The van der Waals surface area contributed by atoms with Gasteiger partial charge in [0.05, 0.1) is 0 Å². The zero-order valence-electron chi connectivity index (χ0n) is 8.83. The van der Waals surface area contributed by atoms with Gasteiger partial charge in [0.1, 0.15) is 11.4 Å². The molecule has 0 aromatic heterocycles. The summed E-state index contributed by atoms with van der Waals surface area (Å²) in [5, 5.41) is 10.4. The molecule has 3 N–H and O–H groups in total. The lowest BCUT2D eigenvalue weighted by Gasteiger charge is -2.39. The zero-order valence-corrected chi connectivity index (χ0v) is 8.83. The summed E-state index contributed by atoms with van der Waals surface area (Å²) < 4.78 is 13.0. The van der Waals surface area contributed by atoms with E-state index in [9.17, 15) is 9.50 Å². The van der Waals surface area contributed by atoms with Gasteiger partial charge in [-0.1, -0.05) is 13.0 Å². The Hall–Kier alpha value is -0.930. The Morgan fingerprint density at radius 2 is 2.33 bits per heavy atom. The van der Waals surface area contributed by atoms with E-state index in [4.69, 9.17) is 5.73 Å². The van der Waals surface area contributed by atoms with Crippen molar-refractivity contribution in [3.05, 3.63) is 35.1 Å². The van der Waals surface area contributed by atoms with E-state index in [-0.39, 0.29) is 18.3 Å². The van der Waals surface area contributed by atoms with Crippen molar-refractivity contribution in [3.8, 4) is 0 Å². The molecule has 0 spiro atoms. The molecule has 2 rings (SSSR count). The van der Waals surface area contributed by atoms with Crippen molar-refractivity contribution in [3.63, 3.8) is 0 Å². The van der Waals surface area contributed by atoms with Gasteiger partial charge < -0.3 is 10.8 Å². The van der Waals surface area contributed by atoms with Gasteiger partial charge in [0, 0.05) is 6.54 Å². The van der Waals surface area contributed by atoms with E-state index in [2.05, 4.69) is 0 Å². The van der Waals surface area contributed by atoms with Crippen LogP contribution in [0.1, 0.15) is 24.5 Å². The van der Waals surface area contributed by atoms with Crippen LogP contribution in [0.15, 0.2) is 18.2 Å². The standard InChI is InChI=1S/C12H16FNO/c1-8-2-3-9-6-10(13)4-5-11(9)12(8,15)7-14/h4-6,8,15H,2-3,7,14H2,1H3. The molecule has 0 saturated heterocycles. The number of rotatable bonds is 1. The van der Waals surface area contributed by atoms with Crippen molar-refractivity contribution in [2.75, 3.05) is 6.54 Å². The molecular formula is C12H16FNO. The number of aliphatic hydroxyl groups is 1. The number of hydrogen-bond acceptors (Lipinski definition) is 2. The summed E-state index contributed by atoms with van der Waals surface area (Å²) in [7, 11) is 0. The molecular weight excluding hydrogens is 193 g/mol. The Balaban J connectivity index is 2.53. The third kappa shape index (κ3) is 1.56. The van der Waals surface area contributed by atoms with Crippen LogP contribution in [0.2, 0.25) is 0 Å². The molecule has 1 aliphatic carbocycles. The maximum absolute atomic E-state index is 13.0. The minimum absolute atomic E-state index is 0.125. The predicted octanol–water partition coefficient (Wildman–Crippen LogP) is 1.55. The van der Waals surface area contributed by atoms with Crippen molar-refractivity contribution in [2.45, 2.75) is 25.4 Å². The number of aryl methyl sites for hydroxylation is 1. The molecule has 0 amide bonds. The molecule has 1 aliphatic rings. The molecule has 0 bridgehead atoms. The summed E-state index contributed by atoms with van der Waals surface area (Å²) in [5.41, 5.74) is 6.34. The molecule has 2 unspecified atom stereocenters. The highest BCUT2D eigenvalue weighted by atomic mass is 19.1. The van der Waals surface area contributed by atoms with Gasteiger partial charge in [-0.2, -0.15) is 0 Å². The fourth-order valence-corrected chi connectivity index (χ4v) is 2.38. The van der Waals surface area contributed by atoms with Crippen molar-refractivity contribution >= 4 is 0 Å². The highest BCUT2D eigenvalue weighted by Crippen LogP contribution is 2.38. The minimum atomic E-state index is -0.985. The van der Waals surface area contributed by atoms with Crippen molar-refractivity contribution in [1.82, 2.24) is 0 Å². The molecule has 2 nitrogen and oxygen atoms in total. The lowest BCUT2D eigenvalue weighted by molar-refractivity contribution is -0.0191. The molecule has 0 fully saturated rings. The lowest BCUT2D eigenvalue weighted by Crippen LogP contribution is -2.44. The SMILES string of the molecule is CC1CCc2cc(F)ccc2C1(O)CN. The molecule has 1 aromatic rings. The van der Waals surface area contributed by atoms with Crippen LogP contribution in [0.4, 0.5) is 4.39 Å². The normalized spacial score (nSPS) is 30.0. The molecule has 0 radical (unpaired) electrons. The fourth-order valence-electron chi connectivity index (χ4n) is 2.38. The van der Waals surface area contributed by atoms with Crippen LogP contribution in [0.25, 0.3) is 0 Å². The Morgan fingerprint density at radius 1 is 1.60 bits per heavy atom. The topological polar surface area (TPSA) is 46.2 Å². The monoisotopic (exact) mass is 209 g/mol. The summed E-state index contributed by atoms with van der Waals surface area (Å²) in [6.45, 7) is 2.17. The van der Waals surface area contributed by atoms with Crippen LogP contribution in [0.5, 0.6) is 0 Å². The third-order valence-electron chi connectivity index (χ3n) is 3.51. The molecule has 3 heteroatoms. The van der Waals surface area contributed by atoms with E-state index in [0.29, 0.717) is 0 Å². The van der Waals surface area contributed by atoms with Crippen LogP contribution >= 0.6 is 0 Å². The van der Waals surface area contributed by atoms with Crippen LogP contribution in [0.3, 0.4) is 0 Å². The van der Waals surface area contributed by atoms with Gasteiger partial charge in [0.25, 0.3) is 0 Å². The van der Waals surface area contributed by atoms with E-state index in [1.54, 1.807) is 6.07 Å². The van der Waals surface area contributed by atoms with E-state index in [1.165, 1.54) is 12.1 Å². The largest absolute Gasteiger partial charge is 0.384 e. The van der Waals surface area contributed by atoms with Crippen LogP contribution in [-0.2, 0) is 12.0 Å². The van der Waals surface area contributed by atoms with Gasteiger partial charge in [-0.05, 0) is 42.0 Å². The van der Waals surface area contributed by atoms with Crippen LogP contribution < -0.4 is 5.73 Å². The summed E-state index contributed by atoms with van der Waals surface area (Å²) in [4.78, 5) is 0. The fraction of sp³-hybridized carbons (Fsp3) is 0.500. The van der Waals surface area contributed by atoms with E-state index < -0.39 is 5.60 Å². The maximum Gasteiger partial charge on any atom is 0.123 e. The summed E-state index contributed by atoms with van der Waals surface area (Å²) >= 11 is 0. The molecule has 0 saturated carbocycles. The maximum atomic E-state index is 13.0. The van der Waals surface area contributed by atoms with Gasteiger partial charge in [-0.25, -0.2) is 4.39 Å². The first-order valence-corrected chi connectivity index (χ1v) is 5.29. The van der Waals surface area contributed by atoms with E-state index in [1.807, 2.05) is 6.92 Å². The molecule has 2 atom stereocenters. The Kier molecular flexibility index (Phi) is 2.52. The van der Waals surface area contributed by atoms with Crippen molar-refractivity contribution < 1.29 is 9.50 Å². The summed E-state index contributed by atoms with van der Waals surface area (Å²) in [5.74, 6) is -0.122. The minimum Gasteiger partial charge on any atom is -0.384 e. The van der Waals surface area contributed by atoms with Gasteiger partial charge in [-0.3, -0.25) is 0 Å². The lowest BCUT2D eigenvalue weighted by atomic mass is 9.72. The third-order valence-corrected chi connectivity index (χ3v) is 3.51. The second kappa shape index (κ2) is 3.58. The smallest absolute Gasteiger partial charge is 0.123 e. The predicted molar refractivity (Wildman–Crippen MR) is 56.8 cm³/mol.